The Kier molecular flexibility index (Phi) is 5.30. The highest BCUT2D eigenvalue weighted by atomic mass is 35.5. The molecule has 1 fully saturated rings. The van der Waals surface area contributed by atoms with Crippen molar-refractivity contribution in [1.82, 2.24) is 10.0 Å². The Bertz CT molecular complexity index is 596. The molecule has 0 saturated heterocycles. The Morgan fingerprint density at radius 3 is 2.48 bits per heavy atom. The highest BCUT2D eigenvalue weighted by Gasteiger charge is 2.32. The van der Waals surface area contributed by atoms with E-state index in [1.165, 1.54) is 12.5 Å². The van der Waals surface area contributed by atoms with E-state index in [-0.39, 0.29) is 10.4 Å². The van der Waals surface area contributed by atoms with Crippen molar-refractivity contribution >= 4 is 21.6 Å². The SMILES string of the molecule is CNCc1ccc(S(=O)(=O)NC2(C)CCCCC2)cc1Cl. The Balaban J connectivity index is 2.21. The first-order valence-corrected chi connectivity index (χ1v) is 9.19. The quantitative estimate of drug-likeness (QED) is 0.872. The van der Waals surface area contributed by atoms with Gasteiger partial charge in [0.25, 0.3) is 0 Å². The average Bonchev–Trinajstić information content (AvgIpc) is 2.41. The van der Waals surface area contributed by atoms with Gasteiger partial charge >= 0.3 is 0 Å². The van der Waals surface area contributed by atoms with Crippen LogP contribution in [0, 0.1) is 0 Å². The number of sulfonamides is 1. The third-order valence-corrected chi connectivity index (χ3v) is 6.03. The van der Waals surface area contributed by atoms with Crippen LogP contribution in [0.5, 0.6) is 0 Å². The van der Waals surface area contributed by atoms with Gasteiger partial charge in [0.2, 0.25) is 10.0 Å². The molecule has 0 heterocycles. The molecule has 1 aromatic rings. The molecule has 1 aromatic carbocycles. The van der Waals surface area contributed by atoms with Gasteiger partial charge in [0.1, 0.15) is 0 Å². The van der Waals surface area contributed by atoms with Crippen LogP contribution >= 0.6 is 11.6 Å². The molecule has 0 unspecified atom stereocenters. The molecule has 4 nitrogen and oxygen atoms in total. The molecular formula is C15H23ClN2O2S. The van der Waals surface area contributed by atoms with E-state index in [1.807, 2.05) is 14.0 Å². The van der Waals surface area contributed by atoms with Crippen molar-refractivity contribution in [2.24, 2.45) is 0 Å². The molecule has 6 heteroatoms. The summed E-state index contributed by atoms with van der Waals surface area (Å²) in [5, 5.41) is 3.48. The van der Waals surface area contributed by atoms with Gasteiger partial charge < -0.3 is 5.32 Å². The maximum atomic E-state index is 12.5. The number of rotatable bonds is 5. The van der Waals surface area contributed by atoms with E-state index >= 15 is 0 Å². The minimum atomic E-state index is -3.53. The molecule has 0 spiro atoms. The van der Waals surface area contributed by atoms with Crippen molar-refractivity contribution < 1.29 is 8.42 Å². The highest BCUT2D eigenvalue weighted by molar-refractivity contribution is 7.89. The minimum Gasteiger partial charge on any atom is -0.316 e. The van der Waals surface area contributed by atoms with Crippen LogP contribution in [0.25, 0.3) is 0 Å². The van der Waals surface area contributed by atoms with Crippen LogP contribution in [-0.2, 0) is 16.6 Å². The second kappa shape index (κ2) is 6.65. The first-order valence-electron chi connectivity index (χ1n) is 7.33. The lowest BCUT2D eigenvalue weighted by Gasteiger charge is -2.34. The van der Waals surface area contributed by atoms with Gasteiger partial charge in [-0.2, -0.15) is 0 Å². The Hall–Kier alpha value is -0.620. The Labute approximate surface area is 132 Å². The highest BCUT2D eigenvalue weighted by Crippen LogP contribution is 2.30. The summed E-state index contributed by atoms with van der Waals surface area (Å²) in [6.07, 6.45) is 5.10. The monoisotopic (exact) mass is 330 g/mol. The van der Waals surface area contributed by atoms with Crippen LogP contribution in [0.3, 0.4) is 0 Å². The standard InChI is InChI=1S/C15H23ClN2O2S/c1-15(8-4-3-5-9-15)18-21(19,20)13-7-6-12(11-17-2)14(16)10-13/h6-7,10,17-18H,3-5,8-9,11H2,1-2H3. The Morgan fingerprint density at radius 1 is 1.24 bits per heavy atom. The van der Waals surface area contributed by atoms with E-state index in [4.69, 9.17) is 11.6 Å². The molecule has 21 heavy (non-hydrogen) atoms. The van der Waals surface area contributed by atoms with E-state index in [1.54, 1.807) is 12.1 Å². The predicted molar refractivity (Wildman–Crippen MR) is 86.0 cm³/mol. The van der Waals surface area contributed by atoms with Crippen LogP contribution in [0.4, 0.5) is 0 Å². The van der Waals surface area contributed by atoms with E-state index in [2.05, 4.69) is 10.0 Å². The van der Waals surface area contributed by atoms with Crippen LogP contribution < -0.4 is 10.0 Å². The third kappa shape index (κ3) is 4.19. The van der Waals surface area contributed by atoms with Crippen molar-refractivity contribution in [1.29, 1.82) is 0 Å². The van der Waals surface area contributed by atoms with Gasteiger partial charge in [0.05, 0.1) is 4.90 Å². The fourth-order valence-electron chi connectivity index (χ4n) is 2.85. The van der Waals surface area contributed by atoms with E-state index in [0.29, 0.717) is 11.6 Å². The van der Waals surface area contributed by atoms with Gasteiger partial charge in [-0.1, -0.05) is 36.9 Å². The van der Waals surface area contributed by atoms with E-state index in [0.717, 1.165) is 31.2 Å². The molecule has 0 bridgehead atoms. The molecular weight excluding hydrogens is 308 g/mol. The molecule has 0 aliphatic heterocycles. The van der Waals surface area contributed by atoms with Gasteiger partial charge in [-0.25, -0.2) is 13.1 Å². The molecule has 2 rings (SSSR count). The summed E-state index contributed by atoms with van der Waals surface area (Å²) in [5.41, 5.74) is 0.551. The largest absolute Gasteiger partial charge is 0.316 e. The van der Waals surface area contributed by atoms with Crippen LogP contribution in [-0.4, -0.2) is 21.0 Å². The summed E-state index contributed by atoms with van der Waals surface area (Å²) in [4.78, 5) is 0.235. The topological polar surface area (TPSA) is 58.2 Å². The molecule has 0 atom stereocenters. The third-order valence-electron chi connectivity index (χ3n) is 4.04. The molecule has 1 saturated carbocycles. The normalized spacial score (nSPS) is 18.6. The van der Waals surface area contributed by atoms with Gasteiger partial charge in [-0.15, -0.1) is 0 Å². The zero-order valence-electron chi connectivity index (χ0n) is 12.6. The van der Waals surface area contributed by atoms with Crippen molar-refractivity contribution in [2.75, 3.05) is 7.05 Å². The minimum absolute atomic E-state index is 0.235. The molecule has 2 N–H and O–H groups in total. The van der Waals surface area contributed by atoms with Crippen molar-refractivity contribution in [3.63, 3.8) is 0 Å². The number of hydrogen-bond donors (Lipinski definition) is 2. The molecule has 0 aromatic heterocycles. The molecule has 0 amide bonds. The van der Waals surface area contributed by atoms with Crippen LogP contribution in [0.1, 0.15) is 44.6 Å². The van der Waals surface area contributed by atoms with Crippen molar-refractivity contribution in [3.05, 3.63) is 28.8 Å². The van der Waals surface area contributed by atoms with Gasteiger partial charge in [0.15, 0.2) is 0 Å². The summed E-state index contributed by atoms with van der Waals surface area (Å²) in [7, 11) is -1.70. The first kappa shape index (κ1) is 16.7. The number of nitrogens with one attached hydrogen (secondary N) is 2. The van der Waals surface area contributed by atoms with E-state index in [9.17, 15) is 8.42 Å². The van der Waals surface area contributed by atoms with E-state index < -0.39 is 10.0 Å². The predicted octanol–water partition coefficient (Wildman–Crippen LogP) is 3.06. The van der Waals surface area contributed by atoms with Gasteiger partial charge in [0, 0.05) is 17.1 Å². The lowest BCUT2D eigenvalue weighted by molar-refractivity contribution is 0.294. The maximum Gasteiger partial charge on any atom is 0.241 e. The van der Waals surface area contributed by atoms with Gasteiger partial charge in [-0.3, -0.25) is 0 Å². The fraction of sp³-hybridized carbons (Fsp3) is 0.600. The lowest BCUT2D eigenvalue weighted by Crippen LogP contribution is -2.47. The number of hydrogen-bond acceptors (Lipinski definition) is 3. The summed E-state index contributed by atoms with van der Waals surface area (Å²) in [6, 6.07) is 4.91. The summed E-state index contributed by atoms with van der Waals surface area (Å²) < 4.78 is 27.9. The first-order chi connectivity index (χ1) is 9.86. The van der Waals surface area contributed by atoms with Crippen molar-refractivity contribution in [2.45, 2.75) is 56.0 Å². The van der Waals surface area contributed by atoms with Crippen LogP contribution in [0.2, 0.25) is 5.02 Å². The molecule has 0 radical (unpaired) electrons. The number of benzene rings is 1. The summed E-state index contributed by atoms with van der Waals surface area (Å²) >= 11 is 6.16. The zero-order chi connectivity index (χ0) is 15.5. The van der Waals surface area contributed by atoms with Crippen molar-refractivity contribution in [3.8, 4) is 0 Å². The second-order valence-corrected chi connectivity index (χ2v) is 8.10. The zero-order valence-corrected chi connectivity index (χ0v) is 14.1. The molecule has 118 valence electrons. The summed E-state index contributed by atoms with van der Waals surface area (Å²) in [5.74, 6) is 0. The summed E-state index contributed by atoms with van der Waals surface area (Å²) in [6.45, 7) is 2.60. The van der Waals surface area contributed by atoms with Gasteiger partial charge in [-0.05, 0) is 44.5 Å². The average molecular weight is 331 g/mol. The lowest BCUT2D eigenvalue weighted by atomic mass is 9.84. The molecule has 1 aliphatic carbocycles. The Morgan fingerprint density at radius 2 is 1.90 bits per heavy atom. The van der Waals surface area contributed by atoms with Crippen LogP contribution in [0.15, 0.2) is 23.1 Å². The fourth-order valence-corrected chi connectivity index (χ4v) is 4.65. The molecule has 1 aliphatic rings. The maximum absolute atomic E-state index is 12.5. The second-order valence-electron chi connectivity index (χ2n) is 6.01. The number of halogens is 1. The smallest absolute Gasteiger partial charge is 0.241 e.